The molecule has 1 saturated heterocycles. The number of carbonyl (C=O) groups is 2. The molecule has 1 saturated carbocycles. The lowest BCUT2D eigenvalue weighted by Crippen LogP contribution is -2.55. The summed E-state index contributed by atoms with van der Waals surface area (Å²) in [5.74, 6) is -0.0744. The van der Waals surface area contributed by atoms with Gasteiger partial charge in [0, 0.05) is 6.04 Å². The van der Waals surface area contributed by atoms with E-state index in [4.69, 9.17) is 4.74 Å². The molecular formula is C11H18N2O3. The molecule has 2 unspecified atom stereocenters. The van der Waals surface area contributed by atoms with E-state index in [9.17, 15) is 9.59 Å². The predicted octanol–water partition coefficient (Wildman–Crippen LogP) is 0.932. The van der Waals surface area contributed by atoms with Gasteiger partial charge in [-0.3, -0.25) is 4.79 Å². The Morgan fingerprint density at radius 2 is 2.25 bits per heavy atom. The van der Waals surface area contributed by atoms with Crippen LogP contribution in [0.2, 0.25) is 0 Å². The predicted molar refractivity (Wildman–Crippen MR) is 57.9 cm³/mol. The number of ether oxygens (including phenoxy) is 1. The van der Waals surface area contributed by atoms with E-state index in [1.54, 1.807) is 20.8 Å². The molecule has 0 aromatic carbocycles. The minimum atomic E-state index is -0.715. The minimum Gasteiger partial charge on any atom is -0.444 e. The molecule has 2 bridgehead atoms. The molecule has 0 spiro atoms. The normalized spacial score (nSPS) is 32.4. The van der Waals surface area contributed by atoms with Crippen LogP contribution in [0.25, 0.3) is 0 Å². The summed E-state index contributed by atoms with van der Waals surface area (Å²) in [4.78, 5) is 23.3. The molecule has 16 heavy (non-hydrogen) atoms. The summed E-state index contributed by atoms with van der Waals surface area (Å²) in [7, 11) is 0. The Balaban J connectivity index is 1.99. The lowest BCUT2D eigenvalue weighted by Gasteiger charge is -2.28. The fourth-order valence-corrected chi connectivity index (χ4v) is 2.37. The molecule has 2 aliphatic rings. The van der Waals surface area contributed by atoms with E-state index in [0.717, 1.165) is 6.42 Å². The van der Waals surface area contributed by atoms with Gasteiger partial charge < -0.3 is 15.4 Å². The van der Waals surface area contributed by atoms with Crippen molar-refractivity contribution >= 4 is 12.0 Å². The Hall–Kier alpha value is -1.26. The highest BCUT2D eigenvalue weighted by Gasteiger charge is 2.53. The van der Waals surface area contributed by atoms with Crippen LogP contribution in [0.4, 0.5) is 4.79 Å². The van der Waals surface area contributed by atoms with Crippen molar-refractivity contribution in [2.24, 2.45) is 0 Å². The van der Waals surface area contributed by atoms with Gasteiger partial charge in [-0.25, -0.2) is 4.79 Å². The standard InChI is InChI=1S/C11H18N2O3/c1-10(2,3)16-9(15)13-11-5-4-7(6-11)12-8(11)14/h7H,4-6H2,1-3H3,(H,12,14)(H,13,15). The highest BCUT2D eigenvalue weighted by atomic mass is 16.6. The fourth-order valence-electron chi connectivity index (χ4n) is 2.37. The first kappa shape index (κ1) is 11.2. The summed E-state index contributed by atoms with van der Waals surface area (Å²) in [5, 5.41) is 5.57. The second-order valence-electron chi connectivity index (χ2n) is 5.62. The molecule has 2 amide bonds. The number of piperidine rings is 1. The Morgan fingerprint density at radius 1 is 1.56 bits per heavy atom. The molecule has 0 radical (unpaired) electrons. The maximum atomic E-state index is 11.7. The first-order valence-corrected chi connectivity index (χ1v) is 5.63. The molecule has 2 rings (SSSR count). The zero-order valence-corrected chi connectivity index (χ0v) is 9.92. The Bertz CT molecular complexity index is 335. The van der Waals surface area contributed by atoms with E-state index in [-0.39, 0.29) is 11.9 Å². The molecule has 2 fully saturated rings. The van der Waals surface area contributed by atoms with Crippen LogP contribution >= 0.6 is 0 Å². The first-order chi connectivity index (χ1) is 7.31. The van der Waals surface area contributed by atoms with E-state index in [1.165, 1.54) is 0 Å². The summed E-state index contributed by atoms with van der Waals surface area (Å²) in [5.41, 5.74) is -1.25. The molecule has 5 heteroatoms. The monoisotopic (exact) mass is 226 g/mol. The van der Waals surface area contributed by atoms with Crippen LogP contribution in [-0.4, -0.2) is 29.2 Å². The van der Waals surface area contributed by atoms with Crippen molar-refractivity contribution in [1.82, 2.24) is 10.6 Å². The lowest BCUT2D eigenvalue weighted by atomic mass is 9.99. The Labute approximate surface area is 94.9 Å². The van der Waals surface area contributed by atoms with Crippen LogP contribution in [0.1, 0.15) is 40.0 Å². The number of fused-ring (bicyclic) bond motifs is 2. The Morgan fingerprint density at radius 3 is 2.69 bits per heavy atom. The third-order valence-corrected chi connectivity index (χ3v) is 3.02. The number of hydrogen-bond donors (Lipinski definition) is 2. The highest BCUT2D eigenvalue weighted by Crippen LogP contribution is 2.36. The number of rotatable bonds is 1. The quantitative estimate of drug-likeness (QED) is 0.699. The molecule has 1 heterocycles. The summed E-state index contributed by atoms with van der Waals surface area (Å²) in [6, 6.07) is 0.224. The average Bonchev–Trinajstić information content (AvgIpc) is 2.56. The molecule has 0 aromatic heterocycles. The van der Waals surface area contributed by atoms with Crippen LogP contribution in [0.3, 0.4) is 0 Å². The molecular weight excluding hydrogens is 208 g/mol. The van der Waals surface area contributed by atoms with Crippen LogP contribution in [0, 0.1) is 0 Å². The topological polar surface area (TPSA) is 67.4 Å². The molecule has 5 nitrogen and oxygen atoms in total. The molecule has 2 atom stereocenters. The minimum absolute atomic E-state index is 0.0744. The molecule has 0 aromatic rings. The van der Waals surface area contributed by atoms with E-state index in [1.807, 2.05) is 0 Å². The van der Waals surface area contributed by atoms with Gasteiger partial charge in [-0.05, 0) is 40.0 Å². The number of nitrogens with one attached hydrogen (secondary N) is 2. The van der Waals surface area contributed by atoms with Gasteiger partial charge >= 0.3 is 6.09 Å². The highest BCUT2D eigenvalue weighted by molar-refractivity contribution is 5.93. The largest absolute Gasteiger partial charge is 0.444 e. The molecule has 90 valence electrons. The van der Waals surface area contributed by atoms with E-state index < -0.39 is 17.2 Å². The van der Waals surface area contributed by atoms with Gasteiger partial charge in [0.15, 0.2) is 0 Å². The van der Waals surface area contributed by atoms with E-state index >= 15 is 0 Å². The molecule has 1 aliphatic carbocycles. The summed E-state index contributed by atoms with van der Waals surface area (Å²) in [6.07, 6.45) is 1.82. The summed E-state index contributed by atoms with van der Waals surface area (Å²) < 4.78 is 5.16. The van der Waals surface area contributed by atoms with Crippen molar-refractivity contribution in [1.29, 1.82) is 0 Å². The van der Waals surface area contributed by atoms with Crippen LogP contribution in [-0.2, 0) is 9.53 Å². The van der Waals surface area contributed by atoms with Crippen molar-refractivity contribution in [3.63, 3.8) is 0 Å². The van der Waals surface area contributed by atoms with Gasteiger partial charge in [-0.2, -0.15) is 0 Å². The van der Waals surface area contributed by atoms with E-state index in [2.05, 4.69) is 10.6 Å². The number of alkyl carbamates (subject to hydrolysis) is 1. The van der Waals surface area contributed by atoms with Gasteiger partial charge in [-0.15, -0.1) is 0 Å². The average molecular weight is 226 g/mol. The number of amides is 2. The van der Waals surface area contributed by atoms with Crippen LogP contribution < -0.4 is 10.6 Å². The molecule has 2 N–H and O–H groups in total. The smallest absolute Gasteiger partial charge is 0.408 e. The van der Waals surface area contributed by atoms with Crippen LogP contribution in [0.5, 0.6) is 0 Å². The lowest BCUT2D eigenvalue weighted by molar-refractivity contribution is -0.126. The summed E-state index contributed by atoms with van der Waals surface area (Å²) in [6.45, 7) is 5.41. The Kier molecular flexibility index (Phi) is 2.36. The summed E-state index contributed by atoms with van der Waals surface area (Å²) >= 11 is 0. The van der Waals surface area contributed by atoms with Crippen molar-refractivity contribution < 1.29 is 14.3 Å². The van der Waals surface area contributed by atoms with Crippen molar-refractivity contribution in [2.45, 2.75) is 57.2 Å². The SMILES string of the molecule is CC(C)(C)OC(=O)NC12CCC(C1)NC2=O. The fraction of sp³-hybridized carbons (Fsp3) is 0.818. The first-order valence-electron chi connectivity index (χ1n) is 5.63. The van der Waals surface area contributed by atoms with Gasteiger partial charge in [0.2, 0.25) is 5.91 Å². The second-order valence-corrected chi connectivity index (χ2v) is 5.62. The molecule has 1 aliphatic heterocycles. The third-order valence-electron chi connectivity index (χ3n) is 3.02. The van der Waals surface area contributed by atoms with Gasteiger partial charge in [0.05, 0.1) is 0 Å². The third kappa shape index (κ3) is 1.99. The van der Waals surface area contributed by atoms with Gasteiger partial charge in [-0.1, -0.05) is 0 Å². The van der Waals surface area contributed by atoms with Crippen LogP contribution in [0.15, 0.2) is 0 Å². The van der Waals surface area contributed by atoms with Gasteiger partial charge in [0.1, 0.15) is 11.1 Å². The van der Waals surface area contributed by atoms with Crippen molar-refractivity contribution in [2.75, 3.05) is 0 Å². The number of hydrogen-bond acceptors (Lipinski definition) is 3. The van der Waals surface area contributed by atoms with Crippen molar-refractivity contribution in [3.8, 4) is 0 Å². The van der Waals surface area contributed by atoms with E-state index in [0.29, 0.717) is 12.8 Å². The maximum absolute atomic E-state index is 11.7. The van der Waals surface area contributed by atoms with Crippen molar-refractivity contribution in [3.05, 3.63) is 0 Å². The zero-order valence-electron chi connectivity index (χ0n) is 9.92. The second kappa shape index (κ2) is 3.37. The number of carbonyl (C=O) groups excluding carboxylic acids is 2. The maximum Gasteiger partial charge on any atom is 0.408 e. The zero-order chi connectivity index (χ0) is 12.0. The van der Waals surface area contributed by atoms with Gasteiger partial charge in [0.25, 0.3) is 0 Å².